The summed E-state index contributed by atoms with van der Waals surface area (Å²) in [6, 6.07) is 17.1. The average molecular weight is 547 g/mol. The molecule has 0 aliphatic carbocycles. The summed E-state index contributed by atoms with van der Waals surface area (Å²) in [6.07, 6.45) is -7.20. The molecule has 39 heavy (non-hydrogen) atoms. The molecule has 1 unspecified atom stereocenters. The quantitative estimate of drug-likeness (QED) is 0.279. The van der Waals surface area contributed by atoms with Crippen molar-refractivity contribution in [1.82, 2.24) is 14.8 Å². The molecule has 7 nitrogen and oxygen atoms in total. The highest BCUT2D eigenvalue weighted by atomic mass is 19.4. The standard InChI is InChI=1S/C26H19F6N5O2/c27-25(28,29)18-5-1-16(2-6-18)22-13-14-38-24(35-22)34-19-7-3-17(4-8-19)23-33-15-37(36-23)20-9-11-21(12-10-20)39-26(30,31)32/h1-12,15,22H,13-14H2,(H,34,35). The summed E-state index contributed by atoms with van der Waals surface area (Å²) in [5.41, 5.74) is 1.78. The first kappa shape index (κ1) is 26.1. The number of aliphatic imine (C=N–C) groups is 1. The average Bonchev–Trinajstić information content (AvgIpc) is 3.39. The number of anilines is 1. The molecule has 0 amide bonds. The SMILES string of the molecule is FC(F)(F)Oc1ccc(-n2cnc(-c3ccc(NC4=NC(c5ccc(C(F)(F)F)cc5)CCO4)cc3)n2)cc1. The summed E-state index contributed by atoms with van der Waals surface area (Å²) in [6.45, 7) is 0.347. The van der Waals surface area contributed by atoms with E-state index in [1.807, 2.05) is 0 Å². The van der Waals surface area contributed by atoms with Gasteiger partial charge in [0.05, 0.1) is 23.9 Å². The molecule has 1 aliphatic heterocycles. The van der Waals surface area contributed by atoms with Crippen molar-refractivity contribution in [2.24, 2.45) is 4.99 Å². The van der Waals surface area contributed by atoms with Crippen LogP contribution in [0.4, 0.5) is 32.0 Å². The lowest BCUT2D eigenvalue weighted by molar-refractivity contribution is -0.274. The molecular weight excluding hydrogens is 528 g/mol. The molecule has 1 atom stereocenters. The van der Waals surface area contributed by atoms with Gasteiger partial charge < -0.3 is 14.8 Å². The number of nitrogens with one attached hydrogen (secondary N) is 1. The van der Waals surface area contributed by atoms with E-state index in [0.29, 0.717) is 41.4 Å². The van der Waals surface area contributed by atoms with Crippen LogP contribution in [0, 0.1) is 0 Å². The fourth-order valence-electron chi connectivity index (χ4n) is 3.86. The molecule has 0 fully saturated rings. The summed E-state index contributed by atoms with van der Waals surface area (Å²) in [4.78, 5) is 8.74. The van der Waals surface area contributed by atoms with Crippen LogP contribution < -0.4 is 10.1 Å². The molecule has 4 aromatic rings. The van der Waals surface area contributed by atoms with Gasteiger partial charge in [-0.3, -0.25) is 0 Å². The van der Waals surface area contributed by atoms with Crippen LogP contribution in [0.5, 0.6) is 5.75 Å². The van der Waals surface area contributed by atoms with E-state index in [0.717, 1.165) is 12.1 Å². The van der Waals surface area contributed by atoms with Gasteiger partial charge in [0.25, 0.3) is 6.02 Å². The van der Waals surface area contributed by atoms with Crippen molar-refractivity contribution in [2.45, 2.75) is 25.0 Å². The third kappa shape index (κ3) is 6.48. The van der Waals surface area contributed by atoms with Gasteiger partial charge in [0.15, 0.2) is 5.82 Å². The predicted octanol–water partition coefficient (Wildman–Crippen LogP) is 6.78. The zero-order chi connectivity index (χ0) is 27.6. The zero-order valence-electron chi connectivity index (χ0n) is 19.9. The highest BCUT2D eigenvalue weighted by molar-refractivity contribution is 5.89. The number of alkyl halides is 6. The normalized spacial score (nSPS) is 15.8. The number of hydrogen-bond donors (Lipinski definition) is 1. The first-order valence-electron chi connectivity index (χ1n) is 11.6. The van der Waals surface area contributed by atoms with Crippen LogP contribution in [0.3, 0.4) is 0 Å². The van der Waals surface area contributed by atoms with Gasteiger partial charge in [-0.15, -0.1) is 18.3 Å². The number of aromatic nitrogens is 3. The first-order valence-corrected chi connectivity index (χ1v) is 11.6. The zero-order valence-corrected chi connectivity index (χ0v) is 19.9. The van der Waals surface area contributed by atoms with Crippen LogP contribution in [-0.4, -0.2) is 33.8 Å². The van der Waals surface area contributed by atoms with Crippen LogP contribution in [0.25, 0.3) is 17.1 Å². The lowest BCUT2D eigenvalue weighted by Gasteiger charge is -2.22. The Morgan fingerprint density at radius 1 is 0.872 bits per heavy atom. The van der Waals surface area contributed by atoms with Crippen LogP contribution >= 0.6 is 0 Å². The molecule has 0 spiro atoms. The minimum atomic E-state index is -4.77. The lowest BCUT2D eigenvalue weighted by Crippen LogP contribution is -2.23. The van der Waals surface area contributed by atoms with Crippen LogP contribution in [0.1, 0.15) is 23.6 Å². The van der Waals surface area contributed by atoms with Crippen LogP contribution in [0.2, 0.25) is 0 Å². The topological polar surface area (TPSA) is 73.6 Å². The van der Waals surface area contributed by atoms with Gasteiger partial charge in [-0.2, -0.15) is 13.2 Å². The van der Waals surface area contributed by atoms with Crippen molar-refractivity contribution in [3.05, 3.63) is 90.3 Å². The summed E-state index contributed by atoms with van der Waals surface area (Å²) < 4.78 is 86.4. The number of ether oxygens (including phenoxy) is 2. The van der Waals surface area contributed by atoms with E-state index in [1.54, 1.807) is 24.3 Å². The van der Waals surface area contributed by atoms with Gasteiger partial charge in [-0.05, 0) is 66.2 Å². The minimum Gasteiger partial charge on any atom is -0.465 e. The molecule has 13 heteroatoms. The molecule has 5 rings (SSSR count). The van der Waals surface area contributed by atoms with Crippen molar-refractivity contribution >= 4 is 11.7 Å². The minimum absolute atomic E-state index is 0.249. The molecule has 2 heterocycles. The van der Waals surface area contributed by atoms with Gasteiger partial charge in [0, 0.05) is 17.7 Å². The van der Waals surface area contributed by atoms with Crippen molar-refractivity contribution in [1.29, 1.82) is 0 Å². The van der Waals surface area contributed by atoms with Gasteiger partial charge in [-0.25, -0.2) is 14.7 Å². The third-order valence-corrected chi connectivity index (χ3v) is 5.75. The Morgan fingerprint density at radius 2 is 1.56 bits per heavy atom. The Balaban J connectivity index is 1.24. The molecule has 1 N–H and O–H groups in total. The Morgan fingerprint density at radius 3 is 2.21 bits per heavy atom. The van der Waals surface area contributed by atoms with Crippen molar-refractivity contribution in [3.8, 4) is 22.8 Å². The molecule has 0 saturated heterocycles. The number of halogens is 6. The first-order chi connectivity index (χ1) is 18.5. The maximum Gasteiger partial charge on any atom is 0.573 e. The monoisotopic (exact) mass is 547 g/mol. The molecule has 0 radical (unpaired) electrons. The van der Waals surface area contributed by atoms with E-state index in [-0.39, 0.29) is 17.8 Å². The Bertz CT molecular complexity index is 1450. The largest absolute Gasteiger partial charge is 0.573 e. The van der Waals surface area contributed by atoms with E-state index >= 15 is 0 Å². The van der Waals surface area contributed by atoms with Gasteiger partial charge >= 0.3 is 12.5 Å². The smallest absolute Gasteiger partial charge is 0.465 e. The Labute approximate surface area is 217 Å². The molecule has 0 saturated carbocycles. The summed E-state index contributed by atoms with van der Waals surface area (Å²) in [5, 5.41) is 7.43. The number of rotatable bonds is 5. The van der Waals surface area contributed by atoms with E-state index in [2.05, 4.69) is 25.1 Å². The number of benzene rings is 3. The molecule has 1 aromatic heterocycles. The van der Waals surface area contributed by atoms with Crippen LogP contribution in [0.15, 0.2) is 84.1 Å². The van der Waals surface area contributed by atoms with Crippen molar-refractivity contribution < 1.29 is 35.8 Å². The van der Waals surface area contributed by atoms with E-state index in [9.17, 15) is 26.3 Å². The van der Waals surface area contributed by atoms with E-state index < -0.39 is 18.1 Å². The fraction of sp³-hybridized carbons (Fsp3) is 0.192. The summed E-state index contributed by atoms with van der Waals surface area (Å²) in [5.74, 6) is 0.0534. The maximum absolute atomic E-state index is 12.8. The van der Waals surface area contributed by atoms with E-state index in [1.165, 1.54) is 47.4 Å². The second-order valence-electron chi connectivity index (χ2n) is 8.46. The molecular formula is C26H19F6N5O2. The Hall–Kier alpha value is -4.55. The molecule has 0 bridgehead atoms. The van der Waals surface area contributed by atoms with Crippen molar-refractivity contribution in [3.63, 3.8) is 0 Å². The van der Waals surface area contributed by atoms with Gasteiger partial charge in [0.2, 0.25) is 0 Å². The number of amidine groups is 1. The molecule has 3 aromatic carbocycles. The Kier molecular flexibility index (Phi) is 6.89. The lowest BCUT2D eigenvalue weighted by atomic mass is 10.0. The molecule has 1 aliphatic rings. The highest BCUT2D eigenvalue weighted by Crippen LogP contribution is 2.32. The summed E-state index contributed by atoms with van der Waals surface area (Å²) in [7, 11) is 0. The highest BCUT2D eigenvalue weighted by Gasteiger charge is 2.31. The number of hydrogen-bond acceptors (Lipinski definition) is 6. The van der Waals surface area contributed by atoms with E-state index in [4.69, 9.17) is 4.74 Å². The van der Waals surface area contributed by atoms with Gasteiger partial charge in [-0.1, -0.05) is 12.1 Å². The second kappa shape index (κ2) is 10.3. The third-order valence-electron chi connectivity index (χ3n) is 5.75. The molecule has 202 valence electrons. The summed E-state index contributed by atoms with van der Waals surface area (Å²) >= 11 is 0. The fourth-order valence-corrected chi connectivity index (χ4v) is 3.86. The van der Waals surface area contributed by atoms with Crippen LogP contribution in [-0.2, 0) is 10.9 Å². The maximum atomic E-state index is 12.8. The predicted molar refractivity (Wildman–Crippen MR) is 129 cm³/mol. The van der Waals surface area contributed by atoms with Gasteiger partial charge in [0.1, 0.15) is 12.1 Å². The second-order valence-corrected chi connectivity index (χ2v) is 8.46. The van der Waals surface area contributed by atoms with Crippen molar-refractivity contribution in [2.75, 3.05) is 11.9 Å². The number of nitrogens with zero attached hydrogens (tertiary/aromatic N) is 4.